The summed E-state index contributed by atoms with van der Waals surface area (Å²) >= 11 is 3.33. The molecule has 9 heteroatoms. The van der Waals surface area contributed by atoms with Crippen molar-refractivity contribution in [1.82, 2.24) is 0 Å². The molecule has 0 saturated heterocycles. The van der Waals surface area contributed by atoms with Gasteiger partial charge in [-0.05, 0) is 43.1 Å². The first-order valence-corrected chi connectivity index (χ1v) is 14.9. The number of hydrogen-bond acceptors (Lipinski definition) is 6. The predicted octanol–water partition coefficient (Wildman–Crippen LogP) is 8.06. The molecular weight excluding hydrogens is 539 g/mol. The summed E-state index contributed by atoms with van der Waals surface area (Å²) in [7, 11) is 0. The summed E-state index contributed by atoms with van der Waals surface area (Å²) in [5.74, 6) is 2.14. The summed E-state index contributed by atoms with van der Waals surface area (Å²) in [6, 6.07) is 23.8. The Morgan fingerprint density at radius 2 is 1.82 bits per heavy atom. The second-order valence-corrected chi connectivity index (χ2v) is 11.3. The maximum atomic E-state index is 13.7. The molecule has 1 aliphatic carbocycles. The molecule has 0 saturated carbocycles. The van der Waals surface area contributed by atoms with Crippen LogP contribution < -0.4 is 14.2 Å². The second-order valence-electron chi connectivity index (χ2n) is 9.22. The number of carbonyl (C=O) groups is 1. The summed E-state index contributed by atoms with van der Waals surface area (Å²) in [4.78, 5) is 19.6. The van der Waals surface area contributed by atoms with Gasteiger partial charge in [0.2, 0.25) is 11.4 Å². The number of azide groups is 1. The number of anilines is 1. The molecule has 6 rings (SSSR count). The van der Waals surface area contributed by atoms with Crippen molar-refractivity contribution in [3.63, 3.8) is 0 Å². The normalized spacial score (nSPS) is 16.4. The van der Waals surface area contributed by atoms with E-state index in [0.29, 0.717) is 22.9 Å². The summed E-state index contributed by atoms with van der Waals surface area (Å²) < 4.78 is 9.62. The molecule has 0 fully saturated rings. The van der Waals surface area contributed by atoms with Crippen molar-refractivity contribution in [3.05, 3.63) is 122 Å². The first kappa shape index (κ1) is 26.0. The molecule has 1 aliphatic heterocycles. The lowest BCUT2D eigenvalue weighted by Crippen LogP contribution is -2.34. The summed E-state index contributed by atoms with van der Waals surface area (Å²) in [6.45, 7) is 5.74. The maximum absolute atomic E-state index is 13.7. The van der Waals surface area contributed by atoms with E-state index in [1.807, 2.05) is 60.7 Å². The van der Waals surface area contributed by atoms with Crippen molar-refractivity contribution in [2.45, 2.75) is 26.1 Å². The molecule has 0 bridgehead atoms. The number of benzene rings is 3. The molecule has 0 amide bonds. The number of Topliss-reactive ketones (excluding diaryl/α,β-unsaturated/α-hetero) is 1. The van der Waals surface area contributed by atoms with E-state index in [2.05, 4.69) is 45.5 Å². The first-order valence-electron chi connectivity index (χ1n) is 13.1. The Hall–Kier alpha value is -4.30. The van der Waals surface area contributed by atoms with E-state index in [1.54, 1.807) is 35.2 Å². The van der Waals surface area contributed by atoms with Gasteiger partial charge in [0, 0.05) is 57.2 Å². The lowest BCUT2D eigenvalue weighted by molar-refractivity contribution is -0.665. The second kappa shape index (κ2) is 11.1. The summed E-state index contributed by atoms with van der Waals surface area (Å²) in [5, 5.41) is 4.71. The van der Waals surface area contributed by atoms with Crippen LogP contribution in [0.3, 0.4) is 0 Å². The van der Waals surface area contributed by atoms with Crippen molar-refractivity contribution in [3.8, 4) is 5.75 Å². The van der Waals surface area contributed by atoms with Crippen LogP contribution in [0.5, 0.6) is 5.75 Å². The molecule has 2 aliphatic rings. The molecule has 0 N–H and O–H groups in total. The minimum Gasteiger partial charge on any atom is -0.439 e. The van der Waals surface area contributed by atoms with Crippen LogP contribution in [-0.2, 0) is 17.1 Å². The number of rotatable bonds is 8. The lowest BCUT2D eigenvalue weighted by atomic mass is 9.89. The van der Waals surface area contributed by atoms with Gasteiger partial charge in [-0.2, -0.15) is 4.57 Å². The molecule has 40 heavy (non-hydrogen) atoms. The summed E-state index contributed by atoms with van der Waals surface area (Å²) in [5.41, 5.74) is 13.9. The van der Waals surface area contributed by atoms with Crippen LogP contribution in [0.2, 0.25) is 0 Å². The number of fused-ring (bicyclic) bond motifs is 2. The van der Waals surface area contributed by atoms with E-state index in [4.69, 9.17) is 10.3 Å². The van der Waals surface area contributed by atoms with Crippen molar-refractivity contribution in [2.24, 2.45) is 5.11 Å². The average molecular weight is 565 g/mol. The highest BCUT2D eigenvalue weighted by Gasteiger charge is 2.36. The standard InChI is InChI=1S/C31H26N5O2S2/c1-3-35-24-9-5-7-11-26(24)38-28(35)17-22-30(37)23(18-29-36(4-2)25-10-6-8-12-27(25)40-29)31(22)39-19-20-13-15-21(16-14-20)33-34-32/h5-18H,3-4,19H2,1-2H3/q+1. The lowest BCUT2D eigenvalue weighted by Gasteiger charge is -2.24. The van der Waals surface area contributed by atoms with E-state index in [9.17, 15) is 4.79 Å². The topological polar surface area (TPSA) is 82.2 Å². The van der Waals surface area contributed by atoms with E-state index in [1.165, 1.54) is 10.2 Å². The van der Waals surface area contributed by atoms with Gasteiger partial charge < -0.3 is 9.64 Å². The Kier molecular flexibility index (Phi) is 7.17. The number of para-hydroxylation sites is 3. The zero-order valence-electron chi connectivity index (χ0n) is 22.1. The fourth-order valence-corrected chi connectivity index (χ4v) is 7.22. The largest absolute Gasteiger partial charge is 0.439 e. The molecule has 1 aromatic heterocycles. The Balaban J connectivity index is 1.39. The number of thioether (sulfide) groups is 1. The highest BCUT2D eigenvalue weighted by Crippen LogP contribution is 2.45. The van der Waals surface area contributed by atoms with Crippen LogP contribution in [0.4, 0.5) is 11.4 Å². The van der Waals surface area contributed by atoms with Gasteiger partial charge >= 0.3 is 0 Å². The van der Waals surface area contributed by atoms with Gasteiger partial charge in [-0.15, -0.1) is 11.8 Å². The van der Waals surface area contributed by atoms with Crippen LogP contribution in [0.25, 0.3) is 26.7 Å². The number of nitrogens with zero attached hydrogens (tertiary/aromatic N) is 5. The highest BCUT2D eigenvalue weighted by atomic mass is 32.2. The zero-order chi connectivity index (χ0) is 27.6. The van der Waals surface area contributed by atoms with Crippen LogP contribution >= 0.6 is 23.1 Å². The third-order valence-corrected chi connectivity index (χ3v) is 9.22. The first-order chi connectivity index (χ1) is 19.6. The van der Waals surface area contributed by atoms with E-state index in [-0.39, 0.29) is 5.78 Å². The molecule has 0 spiro atoms. The highest BCUT2D eigenvalue weighted by molar-refractivity contribution is 8.02. The molecule has 7 nitrogen and oxygen atoms in total. The van der Waals surface area contributed by atoms with Gasteiger partial charge in [0.25, 0.3) is 5.01 Å². The van der Waals surface area contributed by atoms with Crippen LogP contribution in [0.15, 0.2) is 106 Å². The number of allylic oxidation sites excluding steroid dienone is 3. The maximum Gasteiger partial charge on any atom is 0.263 e. The van der Waals surface area contributed by atoms with Gasteiger partial charge in [-0.25, -0.2) is 0 Å². The molecular formula is C31H26N5O2S2+. The molecule has 3 aromatic carbocycles. The quantitative estimate of drug-likeness (QED) is 0.0712. The summed E-state index contributed by atoms with van der Waals surface area (Å²) in [6.07, 6.45) is 3.92. The average Bonchev–Trinajstić information content (AvgIpc) is 3.53. The Morgan fingerprint density at radius 3 is 2.60 bits per heavy atom. The molecule has 0 atom stereocenters. The number of aryl methyl sites for hydroxylation is 1. The van der Waals surface area contributed by atoms with Crippen molar-refractivity contribution in [1.29, 1.82) is 0 Å². The molecule has 4 aromatic rings. The molecule has 198 valence electrons. The molecule has 0 unspecified atom stereocenters. The SMILES string of the molecule is CCN1/C(=C\C2=C(SCc3ccc(N=[N+]=[N-])cc3)C(=C\c3sc4ccccc4[n+]3CC)/C2=O)Oc2ccccc21. The molecule has 2 heterocycles. The predicted molar refractivity (Wildman–Crippen MR) is 162 cm³/mol. The zero-order valence-corrected chi connectivity index (χ0v) is 23.7. The van der Waals surface area contributed by atoms with Crippen LogP contribution in [0, 0.1) is 0 Å². The van der Waals surface area contributed by atoms with Crippen LogP contribution in [-0.4, -0.2) is 12.3 Å². The van der Waals surface area contributed by atoms with Gasteiger partial charge in [0.05, 0.1) is 5.69 Å². The minimum absolute atomic E-state index is 0.0180. The molecule has 0 radical (unpaired) electrons. The van der Waals surface area contributed by atoms with Crippen LogP contribution in [0.1, 0.15) is 24.4 Å². The van der Waals surface area contributed by atoms with Crippen molar-refractivity contribution >= 4 is 56.5 Å². The van der Waals surface area contributed by atoms with E-state index < -0.39 is 0 Å². The Bertz CT molecular complexity index is 1780. The van der Waals surface area contributed by atoms with Gasteiger partial charge in [-0.1, -0.05) is 65.0 Å². The third-order valence-electron chi connectivity index (χ3n) is 6.90. The Labute approximate surface area is 240 Å². The number of ketones is 1. The van der Waals surface area contributed by atoms with Crippen molar-refractivity contribution in [2.75, 3.05) is 11.4 Å². The van der Waals surface area contributed by atoms with Gasteiger partial charge in [0.15, 0.2) is 11.5 Å². The van der Waals surface area contributed by atoms with Gasteiger partial charge in [0.1, 0.15) is 11.2 Å². The fourth-order valence-electron chi connectivity index (χ4n) is 4.94. The van der Waals surface area contributed by atoms with Crippen molar-refractivity contribution < 1.29 is 14.1 Å². The number of ether oxygens (including phenoxy) is 1. The van der Waals surface area contributed by atoms with E-state index in [0.717, 1.165) is 45.6 Å². The minimum atomic E-state index is 0.0180. The van der Waals surface area contributed by atoms with Gasteiger partial charge in [-0.3, -0.25) is 4.79 Å². The third kappa shape index (κ3) is 4.69. The fraction of sp³-hybridized carbons (Fsp3) is 0.161. The smallest absolute Gasteiger partial charge is 0.263 e. The number of carbonyl (C=O) groups excluding carboxylic acids is 1. The van der Waals surface area contributed by atoms with E-state index >= 15 is 0 Å². The number of thiazole rings is 1. The number of hydrogen-bond donors (Lipinski definition) is 0. The Morgan fingerprint density at radius 1 is 1.05 bits per heavy atom. The monoisotopic (exact) mass is 564 g/mol. The number of aromatic nitrogens is 1.